The Morgan fingerprint density at radius 2 is 1.87 bits per heavy atom. The molecule has 0 amide bonds. The van der Waals surface area contributed by atoms with Crippen molar-refractivity contribution in [2.75, 3.05) is 31.2 Å². The summed E-state index contributed by atoms with van der Waals surface area (Å²) >= 11 is 0. The molecular formula is C17H22BrN3O2. The molecule has 124 valence electrons. The quantitative estimate of drug-likeness (QED) is 0.471. The number of hydrogen-bond acceptors (Lipinski definition) is 3. The van der Waals surface area contributed by atoms with Crippen molar-refractivity contribution in [3.63, 3.8) is 0 Å². The van der Waals surface area contributed by atoms with E-state index in [1.807, 2.05) is 59.8 Å². The molecule has 5 nitrogen and oxygen atoms in total. The second kappa shape index (κ2) is 7.75. The minimum Gasteiger partial charge on any atom is -1.00 e. The number of Topliss-reactive ketones (excluding diaryl/α,β-unsaturated/α-hetero) is 1. The molecule has 2 aromatic rings. The van der Waals surface area contributed by atoms with E-state index >= 15 is 0 Å². The highest BCUT2D eigenvalue weighted by atomic mass is 79.9. The van der Waals surface area contributed by atoms with Gasteiger partial charge in [0.1, 0.15) is 12.4 Å². The first kappa shape index (κ1) is 17.7. The van der Waals surface area contributed by atoms with E-state index in [9.17, 15) is 4.79 Å². The Bertz CT molecular complexity index is 661. The third-order valence-corrected chi connectivity index (χ3v) is 4.28. The van der Waals surface area contributed by atoms with Crippen LogP contribution < -0.4 is 26.4 Å². The van der Waals surface area contributed by atoms with E-state index in [4.69, 9.17) is 4.74 Å². The smallest absolute Gasteiger partial charge is 0.253 e. The lowest BCUT2D eigenvalue weighted by atomic mass is 10.1. The van der Waals surface area contributed by atoms with Crippen molar-refractivity contribution in [2.45, 2.75) is 13.5 Å². The number of imidazole rings is 1. The fraction of sp³-hybridized carbons (Fsp3) is 0.412. The van der Waals surface area contributed by atoms with Crippen LogP contribution in [0.3, 0.4) is 0 Å². The molecule has 0 bridgehead atoms. The van der Waals surface area contributed by atoms with Gasteiger partial charge in [0.05, 0.1) is 20.3 Å². The highest BCUT2D eigenvalue weighted by Gasteiger charge is 2.16. The highest BCUT2D eigenvalue weighted by Crippen LogP contribution is 2.17. The summed E-state index contributed by atoms with van der Waals surface area (Å²) in [6.45, 7) is 5.74. The summed E-state index contributed by atoms with van der Waals surface area (Å²) in [5, 5.41) is 0. The molecule has 1 aromatic carbocycles. The number of benzene rings is 1. The number of aromatic nitrogens is 2. The van der Waals surface area contributed by atoms with Gasteiger partial charge in [-0.1, -0.05) is 0 Å². The summed E-state index contributed by atoms with van der Waals surface area (Å²) in [5.41, 5.74) is 1.91. The van der Waals surface area contributed by atoms with E-state index in [0.29, 0.717) is 6.54 Å². The number of nitrogens with zero attached hydrogens (tertiary/aromatic N) is 3. The van der Waals surface area contributed by atoms with Gasteiger partial charge in [0.25, 0.3) is 5.82 Å². The third kappa shape index (κ3) is 4.00. The molecule has 1 fully saturated rings. The van der Waals surface area contributed by atoms with Crippen molar-refractivity contribution >= 4 is 11.5 Å². The molecule has 1 aromatic heterocycles. The first-order valence-corrected chi connectivity index (χ1v) is 7.62. The van der Waals surface area contributed by atoms with Crippen LogP contribution in [-0.4, -0.2) is 36.7 Å². The second-order valence-corrected chi connectivity index (χ2v) is 5.65. The van der Waals surface area contributed by atoms with Crippen LogP contribution in [0.1, 0.15) is 16.2 Å². The van der Waals surface area contributed by atoms with Crippen LogP contribution in [0.5, 0.6) is 0 Å². The summed E-state index contributed by atoms with van der Waals surface area (Å²) in [6, 6.07) is 7.90. The van der Waals surface area contributed by atoms with Gasteiger partial charge in [-0.3, -0.25) is 4.79 Å². The molecule has 1 aliphatic heterocycles. The average Bonchev–Trinajstić information content (AvgIpc) is 2.88. The fourth-order valence-electron chi connectivity index (χ4n) is 2.69. The van der Waals surface area contributed by atoms with Gasteiger partial charge in [-0.15, -0.1) is 0 Å². The van der Waals surface area contributed by atoms with Crippen LogP contribution in [-0.2, 0) is 18.3 Å². The SMILES string of the molecule is Cc1n(CC(=O)c2ccc(N3CCOCC3)cc2)cc[n+]1C.[Br-]. The molecular weight excluding hydrogens is 358 g/mol. The van der Waals surface area contributed by atoms with Gasteiger partial charge in [0, 0.05) is 31.3 Å². The maximum Gasteiger partial charge on any atom is 0.253 e. The highest BCUT2D eigenvalue weighted by molar-refractivity contribution is 5.96. The monoisotopic (exact) mass is 379 g/mol. The zero-order valence-corrected chi connectivity index (χ0v) is 15.1. The maximum atomic E-state index is 12.4. The molecule has 1 aliphatic rings. The van der Waals surface area contributed by atoms with E-state index in [-0.39, 0.29) is 22.8 Å². The fourth-order valence-corrected chi connectivity index (χ4v) is 2.69. The largest absolute Gasteiger partial charge is 1.00 e. The zero-order valence-electron chi connectivity index (χ0n) is 13.5. The lowest BCUT2D eigenvalue weighted by Gasteiger charge is -2.28. The number of carbonyl (C=O) groups excluding carboxylic acids is 1. The Hall–Kier alpha value is -1.66. The van der Waals surface area contributed by atoms with Gasteiger partial charge >= 0.3 is 0 Å². The van der Waals surface area contributed by atoms with Crippen LogP contribution in [0.15, 0.2) is 36.7 Å². The third-order valence-electron chi connectivity index (χ3n) is 4.28. The number of anilines is 1. The van der Waals surface area contributed by atoms with E-state index < -0.39 is 0 Å². The molecule has 0 aliphatic carbocycles. The Kier molecular flexibility index (Phi) is 5.96. The van der Waals surface area contributed by atoms with Crippen LogP contribution >= 0.6 is 0 Å². The number of ketones is 1. The summed E-state index contributed by atoms with van der Waals surface area (Å²) in [5.74, 6) is 1.20. The Balaban J connectivity index is 0.00000192. The number of hydrogen-bond donors (Lipinski definition) is 0. The second-order valence-electron chi connectivity index (χ2n) is 5.65. The van der Waals surface area contributed by atoms with Gasteiger partial charge < -0.3 is 26.6 Å². The molecule has 0 atom stereocenters. The summed E-state index contributed by atoms with van der Waals surface area (Å²) in [4.78, 5) is 14.7. The molecule has 2 heterocycles. The van der Waals surface area contributed by atoms with Gasteiger partial charge in [-0.2, -0.15) is 0 Å². The summed E-state index contributed by atoms with van der Waals surface area (Å²) in [7, 11) is 1.98. The standard InChI is InChI=1S/C17H22N3O2.BrH/c1-14-18(2)7-8-20(14)13-17(21)15-3-5-16(6-4-15)19-9-11-22-12-10-19;/h3-8H,9-13H2,1-2H3;1H/q+1;/p-1. The topological polar surface area (TPSA) is 38.4 Å². The van der Waals surface area contributed by atoms with Crippen LogP contribution in [0.2, 0.25) is 0 Å². The van der Waals surface area contributed by atoms with Crippen molar-refractivity contribution < 1.29 is 31.1 Å². The normalized spacial score (nSPS) is 14.4. The minimum absolute atomic E-state index is 0. The summed E-state index contributed by atoms with van der Waals surface area (Å²) in [6.07, 6.45) is 3.90. The molecule has 0 radical (unpaired) electrons. The van der Waals surface area contributed by atoms with Gasteiger partial charge in [-0.05, 0) is 24.3 Å². The van der Waals surface area contributed by atoms with Gasteiger partial charge in [0.2, 0.25) is 5.78 Å². The molecule has 0 saturated carbocycles. The Morgan fingerprint density at radius 3 is 2.43 bits per heavy atom. The molecule has 0 unspecified atom stereocenters. The van der Waals surface area contributed by atoms with Gasteiger partial charge in [-0.25, -0.2) is 9.13 Å². The van der Waals surface area contributed by atoms with Gasteiger partial charge in [0.15, 0.2) is 6.54 Å². The molecule has 0 spiro atoms. The number of aryl methyl sites for hydroxylation is 1. The maximum absolute atomic E-state index is 12.4. The van der Waals surface area contributed by atoms with Crippen molar-refractivity contribution in [2.24, 2.45) is 7.05 Å². The van der Waals surface area contributed by atoms with Crippen LogP contribution in [0, 0.1) is 6.92 Å². The first-order valence-electron chi connectivity index (χ1n) is 7.62. The lowest BCUT2D eigenvalue weighted by Crippen LogP contribution is -3.00. The predicted molar refractivity (Wildman–Crippen MR) is 84.1 cm³/mol. The molecule has 6 heteroatoms. The lowest BCUT2D eigenvalue weighted by molar-refractivity contribution is -0.677. The molecule has 23 heavy (non-hydrogen) atoms. The van der Waals surface area contributed by atoms with Crippen molar-refractivity contribution in [1.29, 1.82) is 0 Å². The minimum atomic E-state index is 0. The molecule has 1 saturated heterocycles. The molecule has 0 N–H and O–H groups in total. The molecule has 3 rings (SSSR count). The van der Waals surface area contributed by atoms with E-state index in [2.05, 4.69) is 4.90 Å². The van der Waals surface area contributed by atoms with E-state index in [1.54, 1.807) is 0 Å². The predicted octanol–water partition coefficient (Wildman–Crippen LogP) is -1.66. The van der Waals surface area contributed by atoms with Crippen LogP contribution in [0.4, 0.5) is 5.69 Å². The Morgan fingerprint density at radius 1 is 1.22 bits per heavy atom. The number of morpholine rings is 1. The number of carbonyl (C=O) groups is 1. The Labute approximate surface area is 147 Å². The zero-order chi connectivity index (χ0) is 15.5. The summed E-state index contributed by atoms with van der Waals surface area (Å²) < 4.78 is 9.34. The number of halogens is 1. The number of rotatable bonds is 4. The van der Waals surface area contributed by atoms with Crippen molar-refractivity contribution in [3.05, 3.63) is 48.0 Å². The van der Waals surface area contributed by atoms with Crippen molar-refractivity contribution in [1.82, 2.24) is 4.57 Å². The van der Waals surface area contributed by atoms with E-state index in [0.717, 1.165) is 43.4 Å². The first-order chi connectivity index (χ1) is 10.6. The van der Waals surface area contributed by atoms with Crippen molar-refractivity contribution in [3.8, 4) is 0 Å². The van der Waals surface area contributed by atoms with Crippen LogP contribution in [0.25, 0.3) is 0 Å². The average molecular weight is 380 g/mol. The number of ether oxygens (including phenoxy) is 1. The van der Waals surface area contributed by atoms with E-state index in [1.165, 1.54) is 0 Å².